The van der Waals surface area contributed by atoms with Crippen LogP contribution in [0.5, 0.6) is 0 Å². The fraction of sp³-hybridized carbons (Fsp3) is 0.231. The number of fused-ring (bicyclic) bond motifs is 2. The van der Waals surface area contributed by atoms with Crippen LogP contribution < -0.4 is 0 Å². The van der Waals surface area contributed by atoms with Crippen molar-refractivity contribution >= 4 is 16.9 Å². The molecule has 0 spiro atoms. The number of pyridine rings is 1. The molecule has 0 radical (unpaired) electrons. The molecule has 1 aromatic heterocycles. The summed E-state index contributed by atoms with van der Waals surface area (Å²) in [6, 6.07) is 1.70. The number of hydrogen-bond donors (Lipinski definition) is 1. The van der Waals surface area contributed by atoms with Gasteiger partial charge in [0.15, 0.2) is 0 Å². The van der Waals surface area contributed by atoms with Gasteiger partial charge in [0.2, 0.25) is 0 Å². The molecule has 0 saturated heterocycles. The van der Waals surface area contributed by atoms with Crippen molar-refractivity contribution in [2.45, 2.75) is 13.0 Å². The number of halogens is 2. The van der Waals surface area contributed by atoms with Crippen molar-refractivity contribution in [1.82, 2.24) is 4.98 Å². The minimum atomic E-state index is -1.26. The summed E-state index contributed by atoms with van der Waals surface area (Å²) in [5, 5.41) is 9.12. The van der Waals surface area contributed by atoms with Crippen LogP contribution in [-0.4, -0.2) is 22.7 Å². The molecule has 1 aliphatic heterocycles. The van der Waals surface area contributed by atoms with Gasteiger partial charge in [-0.1, -0.05) is 0 Å². The highest BCUT2D eigenvalue weighted by Crippen LogP contribution is 2.29. The highest BCUT2D eigenvalue weighted by atomic mass is 19.1. The van der Waals surface area contributed by atoms with E-state index in [1.165, 1.54) is 0 Å². The molecular formula is C13H9F2NO3. The third kappa shape index (κ3) is 1.84. The van der Waals surface area contributed by atoms with E-state index >= 15 is 0 Å². The van der Waals surface area contributed by atoms with E-state index in [1.54, 1.807) is 0 Å². The number of benzene rings is 1. The van der Waals surface area contributed by atoms with Crippen molar-refractivity contribution in [3.05, 3.63) is 40.6 Å². The molecule has 1 aliphatic rings. The third-order valence-electron chi connectivity index (χ3n) is 3.13. The van der Waals surface area contributed by atoms with Crippen LogP contribution in [0.3, 0.4) is 0 Å². The second kappa shape index (κ2) is 4.24. The summed E-state index contributed by atoms with van der Waals surface area (Å²) in [6.45, 7) is 0.499. The van der Waals surface area contributed by atoms with Gasteiger partial charge in [0.1, 0.15) is 11.6 Å². The molecule has 98 valence electrons. The van der Waals surface area contributed by atoms with Crippen molar-refractivity contribution in [2.24, 2.45) is 0 Å². The molecule has 0 fully saturated rings. The molecule has 2 heterocycles. The molecule has 0 amide bonds. The first-order valence-corrected chi connectivity index (χ1v) is 5.69. The summed E-state index contributed by atoms with van der Waals surface area (Å²) in [4.78, 5) is 15.5. The Kier molecular flexibility index (Phi) is 2.67. The SMILES string of the molecule is O=C(O)c1c2c(nc3cc(F)cc(F)c13)CCOC2. The lowest BCUT2D eigenvalue weighted by molar-refractivity contribution is 0.0683. The van der Waals surface area contributed by atoms with E-state index in [0.29, 0.717) is 30.4 Å². The fourth-order valence-corrected chi connectivity index (χ4v) is 2.35. The third-order valence-corrected chi connectivity index (χ3v) is 3.13. The van der Waals surface area contributed by atoms with Gasteiger partial charge in [0.25, 0.3) is 0 Å². The molecule has 0 unspecified atom stereocenters. The number of carbonyl (C=O) groups is 1. The number of carboxylic acid groups (broad SMARTS) is 1. The summed E-state index contributed by atoms with van der Waals surface area (Å²) >= 11 is 0. The van der Waals surface area contributed by atoms with Crippen molar-refractivity contribution in [1.29, 1.82) is 0 Å². The highest BCUT2D eigenvalue weighted by Gasteiger charge is 2.25. The fourth-order valence-electron chi connectivity index (χ4n) is 2.35. The molecule has 2 aromatic rings. The lowest BCUT2D eigenvalue weighted by atomic mass is 9.98. The molecular weight excluding hydrogens is 256 g/mol. The molecule has 1 N–H and O–H groups in total. The van der Waals surface area contributed by atoms with Crippen LogP contribution in [0.25, 0.3) is 10.9 Å². The number of rotatable bonds is 1. The summed E-state index contributed by atoms with van der Waals surface area (Å²) in [6.07, 6.45) is 0.434. The Labute approximate surface area is 106 Å². The molecule has 0 aliphatic carbocycles. The molecule has 1 aromatic carbocycles. The molecule has 3 rings (SSSR count). The first-order chi connectivity index (χ1) is 9.08. The second-order valence-electron chi connectivity index (χ2n) is 4.30. The van der Waals surface area contributed by atoms with Gasteiger partial charge in [0.05, 0.1) is 29.7 Å². The van der Waals surface area contributed by atoms with Crippen LogP contribution in [0, 0.1) is 11.6 Å². The van der Waals surface area contributed by atoms with Crippen LogP contribution in [0.4, 0.5) is 8.78 Å². The Morgan fingerprint density at radius 3 is 2.89 bits per heavy atom. The molecule has 0 saturated carbocycles. The van der Waals surface area contributed by atoms with Crippen molar-refractivity contribution in [3.63, 3.8) is 0 Å². The monoisotopic (exact) mass is 265 g/mol. The smallest absolute Gasteiger partial charge is 0.336 e. The Bertz CT molecular complexity index is 700. The standard InChI is InChI=1S/C13H9F2NO3/c14-6-3-8(15)12-10(4-6)16-9-1-2-19-5-7(9)11(12)13(17)18/h3-4H,1-2,5H2,(H,17,18). The van der Waals surface area contributed by atoms with Gasteiger partial charge in [0, 0.05) is 29.8 Å². The molecule has 4 nitrogen and oxygen atoms in total. The number of hydrogen-bond acceptors (Lipinski definition) is 3. The molecule has 0 atom stereocenters. The van der Waals surface area contributed by atoms with Gasteiger partial charge >= 0.3 is 5.97 Å². The van der Waals surface area contributed by atoms with Gasteiger partial charge in [-0.05, 0) is 0 Å². The van der Waals surface area contributed by atoms with E-state index in [9.17, 15) is 18.7 Å². The van der Waals surface area contributed by atoms with Gasteiger partial charge in [-0.15, -0.1) is 0 Å². The maximum absolute atomic E-state index is 13.9. The predicted molar refractivity (Wildman–Crippen MR) is 62.0 cm³/mol. The Hall–Kier alpha value is -2.08. The lowest BCUT2D eigenvalue weighted by Gasteiger charge is -2.19. The second-order valence-corrected chi connectivity index (χ2v) is 4.30. The summed E-state index contributed by atoms with van der Waals surface area (Å²) in [7, 11) is 0. The van der Waals surface area contributed by atoms with Crippen molar-refractivity contribution in [3.8, 4) is 0 Å². The maximum Gasteiger partial charge on any atom is 0.336 e. The quantitative estimate of drug-likeness (QED) is 0.859. The number of aromatic carboxylic acids is 1. The number of aromatic nitrogens is 1. The molecule has 19 heavy (non-hydrogen) atoms. The van der Waals surface area contributed by atoms with E-state index in [-0.39, 0.29) is 23.1 Å². The Balaban J connectivity index is 2.46. The summed E-state index contributed by atoms with van der Waals surface area (Å²) in [5.74, 6) is -2.96. The molecule has 6 heteroatoms. The van der Waals surface area contributed by atoms with Crippen LogP contribution >= 0.6 is 0 Å². The average Bonchev–Trinajstić information content (AvgIpc) is 2.35. The van der Waals surface area contributed by atoms with Crippen LogP contribution in [0.1, 0.15) is 21.6 Å². The van der Waals surface area contributed by atoms with E-state index < -0.39 is 17.6 Å². The summed E-state index contributed by atoms with van der Waals surface area (Å²) in [5.41, 5.74) is 0.741. The Morgan fingerprint density at radius 2 is 2.16 bits per heavy atom. The van der Waals surface area contributed by atoms with Crippen molar-refractivity contribution < 1.29 is 23.4 Å². The summed E-state index contributed by atoms with van der Waals surface area (Å²) < 4.78 is 32.3. The van der Waals surface area contributed by atoms with Crippen LogP contribution in [-0.2, 0) is 17.8 Å². The van der Waals surface area contributed by atoms with E-state index in [1.807, 2.05) is 0 Å². The van der Waals surface area contributed by atoms with Gasteiger partial charge in [-0.25, -0.2) is 13.6 Å². The molecule has 0 bridgehead atoms. The Morgan fingerprint density at radius 1 is 1.37 bits per heavy atom. The average molecular weight is 265 g/mol. The first-order valence-electron chi connectivity index (χ1n) is 5.69. The zero-order chi connectivity index (χ0) is 13.6. The highest BCUT2D eigenvalue weighted by molar-refractivity contribution is 6.04. The number of ether oxygens (including phenoxy) is 1. The van der Waals surface area contributed by atoms with E-state index in [0.717, 1.165) is 6.07 Å². The predicted octanol–water partition coefficient (Wildman–Crippen LogP) is 2.28. The van der Waals surface area contributed by atoms with Crippen molar-refractivity contribution in [2.75, 3.05) is 6.61 Å². The number of nitrogens with zero attached hydrogens (tertiary/aromatic N) is 1. The van der Waals surface area contributed by atoms with Gasteiger partial charge < -0.3 is 9.84 Å². The van der Waals surface area contributed by atoms with Crippen LogP contribution in [0.15, 0.2) is 12.1 Å². The normalized spacial score (nSPS) is 14.4. The topological polar surface area (TPSA) is 59.4 Å². The minimum Gasteiger partial charge on any atom is -0.478 e. The maximum atomic E-state index is 13.9. The van der Waals surface area contributed by atoms with E-state index in [2.05, 4.69) is 4.98 Å². The lowest BCUT2D eigenvalue weighted by Crippen LogP contribution is -2.17. The number of carboxylic acids is 1. The zero-order valence-electron chi connectivity index (χ0n) is 9.74. The largest absolute Gasteiger partial charge is 0.478 e. The minimum absolute atomic E-state index is 0.0237. The van der Waals surface area contributed by atoms with E-state index in [4.69, 9.17) is 4.74 Å². The van der Waals surface area contributed by atoms with Gasteiger partial charge in [-0.2, -0.15) is 0 Å². The van der Waals surface area contributed by atoms with Gasteiger partial charge in [-0.3, -0.25) is 4.98 Å². The first kappa shape index (κ1) is 12.0. The van der Waals surface area contributed by atoms with Crippen LogP contribution in [0.2, 0.25) is 0 Å². The zero-order valence-corrected chi connectivity index (χ0v) is 9.74.